The van der Waals surface area contributed by atoms with Crippen molar-refractivity contribution >= 4 is 12.1 Å². The molecule has 0 bridgehead atoms. The van der Waals surface area contributed by atoms with E-state index in [0.29, 0.717) is 17.1 Å². The molecule has 0 fully saturated rings. The maximum absolute atomic E-state index is 12.5. The summed E-state index contributed by atoms with van der Waals surface area (Å²) in [4.78, 5) is 23.4. The van der Waals surface area contributed by atoms with Gasteiger partial charge in [-0.05, 0) is 30.3 Å². The fourth-order valence-electron chi connectivity index (χ4n) is 1.85. The molecule has 0 N–H and O–H groups in total. The first kappa shape index (κ1) is 13.8. The van der Waals surface area contributed by atoms with E-state index in [-0.39, 0.29) is 16.9 Å². The molecule has 0 unspecified atom stereocenters. The monoisotopic (exact) mass is 269 g/mol. The zero-order valence-corrected chi connectivity index (χ0v) is 11.2. The molecular formula is C16H13O4. The van der Waals surface area contributed by atoms with Gasteiger partial charge in [0.05, 0.1) is 14.2 Å². The smallest absolute Gasteiger partial charge is 0.234 e. The maximum Gasteiger partial charge on any atom is 0.234 e. The number of carbonyl (C=O) groups is 1. The van der Waals surface area contributed by atoms with Crippen molar-refractivity contribution in [2.24, 2.45) is 0 Å². The largest absolute Gasteiger partial charge is 0.497 e. The molecular weight excluding hydrogens is 256 g/mol. The molecule has 0 amide bonds. The van der Waals surface area contributed by atoms with Gasteiger partial charge in [0.2, 0.25) is 6.29 Å². The first-order valence-electron chi connectivity index (χ1n) is 5.94. The van der Waals surface area contributed by atoms with Crippen LogP contribution in [0.5, 0.6) is 11.5 Å². The average Bonchev–Trinajstić information content (AvgIpc) is 2.53. The number of ketones is 1. The van der Waals surface area contributed by atoms with Gasteiger partial charge in [0, 0.05) is 16.7 Å². The van der Waals surface area contributed by atoms with Crippen LogP contribution in [0.2, 0.25) is 0 Å². The summed E-state index contributed by atoms with van der Waals surface area (Å²) in [5.74, 6) is 0.812. The molecule has 2 aromatic rings. The van der Waals surface area contributed by atoms with Crippen LogP contribution < -0.4 is 9.47 Å². The Hall–Kier alpha value is -2.62. The molecule has 0 atom stereocenters. The summed E-state index contributed by atoms with van der Waals surface area (Å²) < 4.78 is 10.2. The van der Waals surface area contributed by atoms with Gasteiger partial charge in [-0.15, -0.1) is 0 Å². The van der Waals surface area contributed by atoms with Crippen molar-refractivity contribution in [3.8, 4) is 11.5 Å². The third-order valence-corrected chi connectivity index (χ3v) is 2.91. The molecule has 0 aromatic heterocycles. The number of rotatable bonds is 5. The Labute approximate surface area is 116 Å². The summed E-state index contributed by atoms with van der Waals surface area (Å²) in [5.41, 5.74) is 0.903. The molecule has 4 heteroatoms. The van der Waals surface area contributed by atoms with E-state index in [0.717, 1.165) is 0 Å². The van der Waals surface area contributed by atoms with Gasteiger partial charge in [-0.2, -0.15) is 0 Å². The molecule has 20 heavy (non-hydrogen) atoms. The molecule has 0 spiro atoms. The van der Waals surface area contributed by atoms with Crippen LogP contribution in [0.1, 0.15) is 21.5 Å². The van der Waals surface area contributed by atoms with Gasteiger partial charge in [0.15, 0.2) is 5.78 Å². The van der Waals surface area contributed by atoms with E-state index < -0.39 is 0 Å². The predicted octanol–water partition coefficient (Wildman–Crippen LogP) is 2.39. The second-order valence-electron chi connectivity index (χ2n) is 4.07. The summed E-state index contributed by atoms with van der Waals surface area (Å²) in [7, 11) is 3.03. The van der Waals surface area contributed by atoms with Gasteiger partial charge in [-0.3, -0.25) is 9.59 Å². The summed E-state index contributed by atoms with van der Waals surface area (Å²) in [6, 6.07) is 11.4. The van der Waals surface area contributed by atoms with Crippen LogP contribution in [0.25, 0.3) is 0 Å². The van der Waals surface area contributed by atoms with E-state index in [2.05, 4.69) is 0 Å². The fourth-order valence-corrected chi connectivity index (χ4v) is 1.85. The Kier molecular flexibility index (Phi) is 4.15. The molecule has 0 saturated heterocycles. The van der Waals surface area contributed by atoms with Gasteiger partial charge >= 0.3 is 0 Å². The van der Waals surface area contributed by atoms with Gasteiger partial charge in [0.25, 0.3) is 0 Å². The van der Waals surface area contributed by atoms with E-state index in [1.54, 1.807) is 36.6 Å². The Balaban J connectivity index is 2.48. The van der Waals surface area contributed by atoms with Crippen LogP contribution in [0.4, 0.5) is 0 Å². The van der Waals surface area contributed by atoms with Gasteiger partial charge in [0.1, 0.15) is 11.5 Å². The van der Waals surface area contributed by atoms with Gasteiger partial charge in [-0.1, -0.05) is 12.1 Å². The number of ether oxygens (including phenoxy) is 2. The average molecular weight is 269 g/mol. The molecule has 101 valence electrons. The molecule has 0 aliphatic carbocycles. The lowest BCUT2D eigenvalue weighted by atomic mass is 9.98. The lowest BCUT2D eigenvalue weighted by molar-refractivity contribution is 0.103. The molecule has 0 aliphatic heterocycles. The third-order valence-electron chi connectivity index (χ3n) is 2.91. The Morgan fingerprint density at radius 2 is 1.70 bits per heavy atom. The summed E-state index contributed by atoms with van der Waals surface area (Å²) in [6.45, 7) is 0. The zero-order chi connectivity index (χ0) is 14.5. The first-order valence-corrected chi connectivity index (χ1v) is 5.94. The van der Waals surface area contributed by atoms with E-state index in [1.165, 1.54) is 26.4 Å². The number of hydrogen-bond donors (Lipinski definition) is 0. The van der Waals surface area contributed by atoms with E-state index in [9.17, 15) is 9.59 Å². The highest BCUT2D eigenvalue weighted by atomic mass is 16.5. The third kappa shape index (κ3) is 2.69. The molecule has 2 aromatic carbocycles. The second kappa shape index (κ2) is 6.02. The van der Waals surface area contributed by atoms with Crippen molar-refractivity contribution in [2.45, 2.75) is 0 Å². The lowest BCUT2D eigenvalue weighted by Gasteiger charge is -2.07. The maximum atomic E-state index is 12.5. The summed E-state index contributed by atoms with van der Waals surface area (Å²) in [5, 5.41) is 0. The number of carbonyl (C=O) groups excluding carboxylic acids is 2. The SMILES string of the molecule is COc1cccc(C(=O)c2cc(OC)ccc2[C]=O)c1. The summed E-state index contributed by atoms with van der Waals surface area (Å²) >= 11 is 0. The minimum absolute atomic E-state index is 0.207. The van der Waals surface area contributed by atoms with Crippen molar-refractivity contribution in [1.82, 2.24) is 0 Å². The van der Waals surface area contributed by atoms with Crippen molar-refractivity contribution in [2.75, 3.05) is 14.2 Å². The Morgan fingerprint density at radius 3 is 2.35 bits per heavy atom. The highest BCUT2D eigenvalue weighted by Gasteiger charge is 2.15. The van der Waals surface area contributed by atoms with Gasteiger partial charge < -0.3 is 9.47 Å². The topological polar surface area (TPSA) is 52.6 Å². The standard InChI is InChI=1S/C16H13O4/c1-19-13-5-3-4-11(8-13)16(18)15-9-14(20-2)7-6-12(15)10-17/h3-9H,1-2H3. The van der Waals surface area contributed by atoms with Crippen LogP contribution in [0, 0.1) is 0 Å². The van der Waals surface area contributed by atoms with E-state index >= 15 is 0 Å². The molecule has 1 radical (unpaired) electrons. The Morgan fingerprint density at radius 1 is 1.00 bits per heavy atom. The number of hydrogen-bond acceptors (Lipinski definition) is 4. The van der Waals surface area contributed by atoms with E-state index in [1.807, 2.05) is 0 Å². The molecule has 0 aliphatic rings. The van der Waals surface area contributed by atoms with Gasteiger partial charge in [-0.25, -0.2) is 0 Å². The van der Waals surface area contributed by atoms with E-state index in [4.69, 9.17) is 9.47 Å². The number of methoxy groups -OCH3 is 2. The Bertz CT molecular complexity index is 647. The fraction of sp³-hybridized carbons (Fsp3) is 0.125. The normalized spacial score (nSPS) is 9.90. The predicted molar refractivity (Wildman–Crippen MR) is 74.2 cm³/mol. The quantitative estimate of drug-likeness (QED) is 0.782. The zero-order valence-electron chi connectivity index (χ0n) is 11.2. The molecule has 2 rings (SSSR count). The first-order chi connectivity index (χ1) is 9.69. The van der Waals surface area contributed by atoms with Crippen molar-refractivity contribution < 1.29 is 19.1 Å². The van der Waals surface area contributed by atoms with Crippen molar-refractivity contribution in [3.63, 3.8) is 0 Å². The minimum atomic E-state index is -0.277. The minimum Gasteiger partial charge on any atom is -0.497 e. The highest BCUT2D eigenvalue weighted by Crippen LogP contribution is 2.21. The van der Waals surface area contributed by atoms with Crippen LogP contribution in [-0.2, 0) is 4.79 Å². The van der Waals surface area contributed by atoms with Crippen LogP contribution in [0.3, 0.4) is 0 Å². The van der Waals surface area contributed by atoms with Crippen LogP contribution in [-0.4, -0.2) is 26.3 Å². The summed E-state index contributed by atoms with van der Waals surface area (Å²) in [6.07, 6.45) is 1.77. The second-order valence-corrected chi connectivity index (χ2v) is 4.07. The molecule has 4 nitrogen and oxygen atoms in total. The van der Waals surface area contributed by atoms with Crippen molar-refractivity contribution in [1.29, 1.82) is 0 Å². The van der Waals surface area contributed by atoms with Crippen LogP contribution in [0.15, 0.2) is 42.5 Å². The van der Waals surface area contributed by atoms with Crippen molar-refractivity contribution in [3.05, 3.63) is 59.2 Å². The lowest BCUT2D eigenvalue weighted by Crippen LogP contribution is -2.06. The number of benzene rings is 2. The molecule has 0 heterocycles. The molecule has 0 saturated carbocycles. The highest BCUT2D eigenvalue weighted by molar-refractivity contribution is 6.13. The van der Waals surface area contributed by atoms with Crippen LogP contribution >= 0.6 is 0 Å².